The fraction of sp³-hybridized carbons (Fsp3) is 0.211. The van der Waals surface area contributed by atoms with Crippen molar-refractivity contribution in [3.05, 3.63) is 57.8 Å². The van der Waals surface area contributed by atoms with E-state index in [9.17, 15) is 4.39 Å². The van der Waals surface area contributed by atoms with Crippen LogP contribution in [0.15, 0.2) is 40.9 Å². The molecule has 0 aliphatic rings. The topological polar surface area (TPSA) is 43.4 Å². The number of nitrogens with one attached hydrogen (secondary N) is 1. The fourth-order valence-corrected chi connectivity index (χ4v) is 3.04. The van der Waals surface area contributed by atoms with Crippen LogP contribution in [-0.4, -0.2) is 19.2 Å². The van der Waals surface area contributed by atoms with Crippen LogP contribution in [0.4, 0.5) is 10.2 Å². The lowest BCUT2D eigenvalue weighted by molar-refractivity contribution is 0.391. The Hall–Kier alpha value is -2.34. The maximum Gasteiger partial charge on any atom is 0.132 e. The van der Waals surface area contributed by atoms with Crippen molar-refractivity contribution < 1.29 is 13.9 Å². The molecule has 0 fully saturated rings. The molecule has 0 aliphatic carbocycles. The number of halogens is 2. The maximum atomic E-state index is 14.1. The predicted molar refractivity (Wildman–Crippen MR) is 101 cm³/mol. The number of nitrogens with zero attached hydrogens (tertiary/aromatic N) is 1. The van der Waals surface area contributed by atoms with Gasteiger partial charge in [0.2, 0.25) is 0 Å². The molecular formula is C19H18BrFN2O2. The fourth-order valence-electron chi connectivity index (χ4n) is 2.62. The molecule has 0 saturated carbocycles. The predicted octanol–water partition coefficient (Wildman–Crippen LogP) is 5.07. The third-order valence-electron chi connectivity index (χ3n) is 4.00. The van der Waals surface area contributed by atoms with Crippen molar-refractivity contribution >= 4 is 32.7 Å². The Morgan fingerprint density at radius 2 is 1.92 bits per heavy atom. The zero-order valence-corrected chi connectivity index (χ0v) is 15.8. The van der Waals surface area contributed by atoms with Gasteiger partial charge in [0, 0.05) is 28.0 Å². The molecule has 130 valence electrons. The monoisotopic (exact) mass is 404 g/mol. The number of ether oxygens (including phenoxy) is 2. The molecule has 0 radical (unpaired) electrons. The molecule has 0 bridgehead atoms. The van der Waals surface area contributed by atoms with Crippen molar-refractivity contribution in [2.24, 2.45) is 0 Å². The molecule has 2 aromatic carbocycles. The van der Waals surface area contributed by atoms with E-state index in [2.05, 4.69) is 26.2 Å². The Bertz CT molecular complexity index is 931. The number of benzene rings is 2. The maximum absolute atomic E-state index is 14.1. The second-order valence-corrected chi connectivity index (χ2v) is 6.41. The number of aromatic nitrogens is 1. The molecule has 1 heterocycles. The third kappa shape index (κ3) is 3.54. The van der Waals surface area contributed by atoms with Gasteiger partial charge in [-0.15, -0.1) is 0 Å². The van der Waals surface area contributed by atoms with E-state index in [0.29, 0.717) is 23.3 Å². The summed E-state index contributed by atoms with van der Waals surface area (Å²) in [5, 5.41) is 3.75. The van der Waals surface area contributed by atoms with E-state index in [0.717, 1.165) is 27.1 Å². The van der Waals surface area contributed by atoms with Gasteiger partial charge in [0.1, 0.15) is 23.1 Å². The minimum atomic E-state index is -0.272. The minimum Gasteiger partial charge on any atom is -0.497 e. The molecule has 6 heteroatoms. The first-order valence-electron chi connectivity index (χ1n) is 7.73. The second kappa shape index (κ2) is 7.27. The van der Waals surface area contributed by atoms with Gasteiger partial charge in [-0.05, 0) is 58.7 Å². The van der Waals surface area contributed by atoms with Gasteiger partial charge in [0.15, 0.2) is 0 Å². The molecule has 0 spiro atoms. The number of hydrogen-bond acceptors (Lipinski definition) is 4. The number of rotatable bonds is 5. The summed E-state index contributed by atoms with van der Waals surface area (Å²) in [6, 6.07) is 10.6. The Kier molecular flexibility index (Phi) is 5.08. The van der Waals surface area contributed by atoms with Gasteiger partial charge in [-0.2, -0.15) is 0 Å². The molecule has 0 saturated heterocycles. The Labute approximate surface area is 154 Å². The molecule has 4 nitrogen and oxygen atoms in total. The lowest BCUT2D eigenvalue weighted by atomic mass is 10.1. The number of anilines is 1. The lowest BCUT2D eigenvalue weighted by Crippen LogP contribution is -2.04. The lowest BCUT2D eigenvalue weighted by Gasteiger charge is -2.12. The van der Waals surface area contributed by atoms with Crippen LogP contribution in [-0.2, 0) is 6.54 Å². The Morgan fingerprint density at radius 3 is 2.64 bits per heavy atom. The van der Waals surface area contributed by atoms with E-state index >= 15 is 0 Å². The SMILES string of the molecule is COc1ccc(CNc2ccc3c(F)cc(C)c(Br)c3n2)c(OC)c1. The van der Waals surface area contributed by atoms with Crippen LogP contribution in [0.25, 0.3) is 10.9 Å². The van der Waals surface area contributed by atoms with Crippen LogP contribution in [0.3, 0.4) is 0 Å². The zero-order chi connectivity index (χ0) is 18.0. The van der Waals surface area contributed by atoms with Crippen LogP contribution < -0.4 is 14.8 Å². The van der Waals surface area contributed by atoms with Crippen molar-refractivity contribution in [3.63, 3.8) is 0 Å². The largest absolute Gasteiger partial charge is 0.497 e. The molecule has 1 aromatic heterocycles. The van der Waals surface area contributed by atoms with E-state index in [-0.39, 0.29) is 5.82 Å². The molecule has 0 amide bonds. The second-order valence-electron chi connectivity index (χ2n) is 5.61. The van der Waals surface area contributed by atoms with Gasteiger partial charge in [-0.1, -0.05) is 0 Å². The molecule has 1 N–H and O–H groups in total. The zero-order valence-electron chi connectivity index (χ0n) is 14.2. The summed E-state index contributed by atoms with van der Waals surface area (Å²) < 4.78 is 25.5. The number of hydrogen-bond donors (Lipinski definition) is 1. The van der Waals surface area contributed by atoms with E-state index in [1.165, 1.54) is 6.07 Å². The quantitative estimate of drug-likeness (QED) is 0.644. The number of pyridine rings is 1. The Balaban J connectivity index is 1.88. The molecular weight excluding hydrogens is 387 g/mol. The summed E-state index contributed by atoms with van der Waals surface area (Å²) in [4.78, 5) is 4.54. The summed E-state index contributed by atoms with van der Waals surface area (Å²) in [6.45, 7) is 2.37. The highest BCUT2D eigenvalue weighted by Gasteiger charge is 2.11. The van der Waals surface area contributed by atoms with Crippen molar-refractivity contribution in [2.45, 2.75) is 13.5 Å². The van der Waals surface area contributed by atoms with Gasteiger partial charge < -0.3 is 14.8 Å². The number of methoxy groups -OCH3 is 2. The number of aryl methyl sites for hydroxylation is 1. The van der Waals surface area contributed by atoms with Gasteiger partial charge in [0.25, 0.3) is 0 Å². The third-order valence-corrected chi connectivity index (χ3v) is 5.01. The molecule has 0 unspecified atom stereocenters. The van der Waals surface area contributed by atoms with Crippen LogP contribution in [0.1, 0.15) is 11.1 Å². The highest BCUT2D eigenvalue weighted by molar-refractivity contribution is 9.10. The van der Waals surface area contributed by atoms with E-state index in [1.54, 1.807) is 26.4 Å². The van der Waals surface area contributed by atoms with Crippen molar-refractivity contribution in [3.8, 4) is 11.5 Å². The average molecular weight is 405 g/mol. The average Bonchev–Trinajstić information content (AvgIpc) is 2.64. The van der Waals surface area contributed by atoms with E-state index in [1.807, 2.05) is 25.1 Å². The van der Waals surface area contributed by atoms with Gasteiger partial charge >= 0.3 is 0 Å². The van der Waals surface area contributed by atoms with E-state index < -0.39 is 0 Å². The highest BCUT2D eigenvalue weighted by atomic mass is 79.9. The molecule has 25 heavy (non-hydrogen) atoms. The summed E-state index contributed by atoms with van der Waals surface area (Å²) in [5.74, 6) is 1.86. The number of fused-ring (bicyclic) bond motifs is 1. The first-order chi connectivity index (χ1) is 12.0. The first-order valence-corrected chi connectivity index (χ1v) is 8.53. The highest BCUT2D eigenvalue weighted by Crippen LogP contribution is 2.30. The van der Waals surface area contributed by atoms with Crippen molar-refractivity contribution in [1.29, 1.82) is 0 Å². The summed E-state index contributed by atoms with van der Waals surface area (Å²) in [5.41, 5.74) is 2.38. The van der Waals surface area contributed by atoms with Gasteiger partial charge in [0.05, 0.1) is 19.7 Å². The van der Waals surface area contributed by atoms with Gasteiger partial charge in [-0.25, -0.2) is 9.37 Å². The van der Waals surface area contributed by atoms with Crippen LogP contribution in [0.2, 0.25) is 0 Å². The van der Waals surface area contributed by atoms with Crippen molar-refractivity contribution in [2.75, 3.05) is 19.5 Å². The standard InChI is InChI=1S/C19H18BrFN2O2/c1-11-8-15(21)14-6-7-17(23-19(14)18(11)20)22-10-12-4-5-13(24-2)9-16(12)25-3/h4-9H,10H2,1-3H3,(H,22,23). The van der Waals surface area contributed by atoms with Crippen LogP contribution >= 0.6 is 15.9 Å². The van der Waals surface area contributed by atoms with Crippen LogP contribution in [0, 0.1) is 12.7 Å². The smallest absolute Gasteiger partial charge is 0.132 e. The van der Waals surface area contributed by atoms with Gasteiger partial charge in [-0.3, -0.25) is 0 Å². The summed E-state index contributed by atoms with van der Waals surface area (Å²) >= 11 is 3.49. The normalized spacial score (nSPS) is 10.8. The minimum absolute atomic E-state index is 0.272. The molecule has 3 rings (SSSR count). The van der Waals surface area contributed by atoms with E-state index in [4.69, 9.17) is 9.47 Å². The van der Waals surface area contributed by atoms with Crippen molar-refractivity contribution in [1.82, 2.24) is 4.98 Å². The first kappa shape index (κ1) is 17.5. The molecule has 0 aliphatic heterocycles. The molecule has 0 atom stereocenters. The molecule has 3 aromatic rings. The summed E-state index contributed by atoms with van der Waals surface area (Å²) in [6.07, 6.45) is 0. The van der Waals surface area contributed by atoms with Crippen LogP contribution in [0.5, 0.6) is 11.5 Å². The Morgan fingerprint density at radius 1 is 1.12 bits per heavy atom. The summed E-state index contributed by atoms with van der Waals surface area (Å²) in [7, 11) is 3.24.